The molecule has 170 valence electrons. The van der Waals surface area contributed by atoms with E-state index in [2.05, 4.69) is 5.32 Å². The first kappa shape index (κ1) is 23.6. The Labute approximate surface area is 185 Å². The summed E-state index contributed by atoms with van der Waals surface area (Å²) >= 11 is 0. The fourth-order valence-electron chi connectivity index (χ4n) is 3.83. The van der Waals surface area contributed by atoms with Gasteiger partial charge in [-0.05, 0) is 68.6 Å². The van der Waals surface area contributed by atoms with E-state index in [1.807, 2.05) is 30.3 Å². The van der Waals surface area contributed by atoms with Crippen molar-refractivity contribution in [2.75, 3.05) is 26.0 Å². The Morgan fingerprint density at radius 3 is 2.48 bits per heavy atom. The van der Waals surface area contributed by atoms with Gasteiger partial charge in [-0.25, -0.2) is 0 Å². The lowest BCUT2D eigenvalue weighted by Crippen LogP contribution is -2.20. The molecule has 7 heteroatoms. The Balaban J connectivity index is 1.28. The molecule has 3 N–H and O–H groups in total. The first-order chi connectivity index (χ1) is 15.0. The molecule has 1 fully saturated rings. The van der Waals surface area contributed by atoms with Crippen molar-refractivity contribution in [3.63, 3.8) is 0 Å². The minimum atomic E-state index is -3.25. The van der Waals surface area contributed by atoms with Gasteiger partial charge in [-0.1, -0.05) is 37.5 Å². The van der Waals surface area contributed by atoms with Crippen molar-refractivity contribution in [2.24, 2.45) is 0 Å². The number of phenols is 1. The molecule has 1 aliphatic rings. The Kier molecular flexibility index (Phi) is 9.26. The molecule has 0 aliphatic heterocycles. The van der Waals surface area contributed by atoms with Crippen molar-refractivity contribution < 1.29 is 24.0 Å². The van der Waals surface area contributed by atoms with Crippen LogP contribution in [0.5, 0.6) is 17.2 Å². The average Bonchev–Trinajstić information content (AvgIpc) is 2.78. The smallest absolute Gasteiger partial charge is 0.239 e. The van der Waals surface area contributed by atoms with Crippen LogP contribution in [0, 0.1) is 0 Å². The van der Waals surface area contributed by atoms with Gasteiger partial charge in [0.2, 0.25) is 7.37 Å². The number of hydrogen-bond donors (Lipinski definition) is 3. The molecule has 2 aromatic carbocycles. The van der Waals surface area contributed by atoms with E-state index in [0.717, 1.165) is 51.6 Å². The van der Waals surface area contributed by atoms with Crippen molar-refractivity contribution >= 4 is 7.37 Å². The van der Waals surface area contributed by atoms with Crippen molar-refractivity contribution in [2.45, 2.75) is 50.6 Å². The van der Waals surface area contributed by atoms with E-state index in [4.69, 9.17) is 9.47 Å². The Morgan fingerprint density at radius 1 is 0.968 bits per heavy atom. The van der Waals surface area contributed by atoms with Gasteiger partial charge in [-0.2, -0.15) is 0 Å². The van der Waals surface area contributed by atoms with Crippen LogP contribution in [0.2, 0.25) is 0 Å². The van der Waals surface area contributed by atoms with Crippen LogP contribution < -0.4 is 14.8 Å². The molecule has 0 saturated heterocycles. The van der Waals surface area contributed by atoms with Crippen LogP contribution in [0.3, 0.4) is 0 Å². The van der Waals surface area contributed by atoms with Crippen molar-refractivity contribution in [3.8, 4) is 17.2 Å². The number of ether oxygens (including phenoxy) is 2. The lowest BCUT2D eigenvalue weighted by molar-refractivity contribution is 0.306. The lowest BCUT2D eigenvalue weighted by Gasteiger charge is -2.26. The molecular formula is C24H34NO5P. The second-order valence-electron chi connectivity index (χ2n) is 8.16. The van der Waals surface area contributed by atoms with Gasteiger partial charge in [0.25, 0.3) is 0 Å². The molecule has 1 atom stereocenters. The quantitative estimate of drug-likeness (QED) is 0.316. The number of aromatic hydroxyl groups is 1. The molecule has 0 radical (unpaired) electrons. The largest absolute Gasteiger partial charge is 0.508 e. The van der Waals surface area contributed by atoms with Gasteiger partial charge >= 0.3 is 0 Å². The summed E-state index contributed by atoms with van der Waals surface area (Å²) in [6.45, 7) is 2.31. The third-order valence-corrected chi connectivity index (χ3v) is 7.82. The maximum atomic E-state index is 12.6. The van der Waals surface area contributed by atoms with Crippen LogP contribution in [-0.4, -0.2) is 41.7 Å². The summed E-state index contributed by atoms with van der Waals surface area (Å²) in [7, 11) is -3.25. The lowest BCUT2D eigenvalue weighted by atomic mass is 10.0. The Bertz CT molecular complexity index is 836. The monoisotopic (exact) mass is 447 g/mol. The molecule has 1 saturated carbocycles. The SMILES string of the molecule is O=P(O)(COc1ccc(CCNCCCOc2cccc(O)c2)cc1)C1CCCCC1. The molecule has 2 aromatic rings. The zero-order chi connectivity index (χ0) is 21.9. The van der Waals surface area contributed by atoms with E-state index in [0.29, 0.717) is 18.1 Å². The minimum Gasteiger partial charge on any atom is -0.508 e. The standard InChI is InChI=1S/C24H34NO5P/c26-21-6-4-7-23(18-21)29-17-5-15-25-16-14-20-10-12-22(13-11-20)30-19-31(27,28)24-8-2-1-3-9-24/h4,6-7,10-13,18,24-26H,1-3,5,8-9,14-17,19H2,(H,27,28). The maximum Gasteiger partial charge on any atom is 0.239 e. The molecule has 31 heavy (non-hydrogen) atoms. The Hall–Kier alpha value is -2.01. The van der Waals surface area contributed by atoms with Crippen LogP contribution in [-0.2, 0) is 11.0 Å². The highest BCUT2D eigenvalue weighted by atomic mass is 31.2. The molecule has 1 unspecified atom stereocenters. The van der Waals surface area contributed by atoms with E-state index in [1.54, 1.807) is 18.2 Å². The summed E-state index contributed by atoms with van der Waals surface area (Å²) in [6, 6.07) is 14.6. The van der Waals surface area contributed by atoms with E-state index in [-0.39, 0.29) is 17.8 Å². The summed E-state index contributed by atoms with van der Waals surface area (Å²) in [5.41, 5.74) is 1.09. The van der Waals surface area contributed by atoms with Gasteiger partial charge in [-0.15, -0.1) is 0 Å². The molecule has 6 nitrogen and oxygen atoms in total. The first-order valence-electron chi connectivity index (χ1n) is 11.2. The fourth-order valence-corrected chi connectivity index (χ4v) is 5.54. The molecule has 0 aromatic heterocycles. The number of rotatable bonds is 12. The zero-order valence-electron chi connectivity index (χ0n) is 18.0. The predicted octanol–water partition coefficient (Wildman–Crippen LogP) is 4.93. The summed E-state index contributed by atoms with van der Waals surface area (Å²) in [5.74, 6) is 1.53. The predicted molar refractivity (Wildman–Crippen MR) is 123 cm³/mol. The van der Waals surface area contributed by atoms with Gasteiger partial charge in [0, 0.05) is 11.7 Å². The normalized spacial score (nSPS) is 16.5. The molecule has 0 spiro atoms. The van der Waals surface area contributed by atoms with Gasteiger partial charge < -0.3 is 24.8 Å². The maximum absolute atomic E-state index is 12.6. The number of nitrogens with one attached hydrogen (secondary N) is 1. The summed E-state index contributed by atoms with van der Waals surface area (Å²) < 4.78 is 23.8. The summed E-state index contributed by atoms with van der Waals surface area (Å²) in [5, 5.41) is 12.8. The van der Waals surface area contributed by atoms with Gasteiger partial charge in [0.1, 0.15) is 17.2 Å². The van der Waals surface area contributed by atoms with E-state index < -0.39 is 7.37 Å². The van der Waals surface area contributed by atoms with Crippen LogP contribution in [0.25, 0.3) is 0 Å². The third kappa shape index (κ3) is 8.21. The van der Waals surface area contributed by atoms with Crippen molar-refractivity contribution in [1.29, 1.82) is 0 Å². The van der Waals surface area contributed by atoms with Gasteiger partial charge in [0.05, 0.1) is 6.61 Å². The van der Waals surface area contributed by atoms with Crippen molar-refractivity contribution in [3.05, 3.63) is 54.1 Å². The second kappa shape index (κ2) is 12.1. The molecular weight excluding hydrogens is 413 g/mol. The first-order valence-corrected chi connectivity index (χ1v) is 13.1. The van der Waals surface area contributed by atoms with Gasteiger partial charge in [0.15, 0.2) is 6.35 Å². The number of benzene rings is 2. The second-order valence-corrected chi connectivity index (χ2v) is 10.7. The molecule has 1 aliphatic carbocycles. The third-order valence-electron chi connectivity index (χ3n) is 5.66. The van der Waals surface area contributed by atoms with Gasteiger partial charge in [-0.3, -0.25) is 4.57 Å². The van der Waals surface area contributed by atoms with Crippen LogP contribution >= 0.6 is 7.37 Å². The molecule has 0 bridgehead atoms. The highest BCUT2D eigenvalue weighted by molar-refractivity contribution is 7.58. The number of hydrogen-bond acceptors (Lipinski definition) is 5. The minimum absolute atomic E-state index is 0.0940. The fraction of sp³-hybridized carbons (Fsp3) is 0.500. The van der Waals surface area contributed by atoms with E-state index >= 15 is 0 Å². The molecule has 0 amide bonds. The molecule has 0 heterocycles. The molecule has 3 rings (SSSR count). The highest BCUT2D eigenvalue weighted by Crippen LogP contribution is 2.51. The zero-order valence-corrected chi connectivity index (χ0v) is 18.9. The summed E-state index contributed by atoms with van der Waals surface area (Å²) in [6.07, 6.45) is 6.61. The average molecular weight is 448 g/mol. The number of phenolic OH excluding ortho intramolecular Hbond substituents is 1. The van der Waals surface area contributed by atoms with Crippen LogP contribution in [0.4, 0.5) is 0 Å². The van der Waals surface area contributed by atoms with E-state index in [1.165, 1.54) is 12.0 Å². The highest BCUT2D eigenvalue weighted by Gasteiger charge is 2.32. The Morgan fingerprint density at radius 2 is 1.74 bits per heavy atom. The van der Waals surface area contributed by atoms with Crippen LogP contribution in [0.1, 0.15) is 44.1 Å². The van der Waals surface area contributed by atoms with Crippen molar-refractivity contribution in [1.82, 2.24) is 5.32 Å². The van der Waals surface area contributed by atoms with E-state index in [9.17, 15) is 14.6 Å². The van der Waals surface area contributed by atoms with Crippen LogP contribution in [0.15, 0.2) is 48.5 Å². The topological polar surface area (TPSA) is 88.0 Å². The summed E-state index contributed by atoms with van der Waals surface area (Å²) in [4.78, 5) is 10.3.